The zero-order valence-corrected chi connectivity index (χ0v) is 18.7. The normalized spacial score (nSPS) is 44.0. The zero-order valence-electron chi connectivity index (χ0n) is 18.7. The number of rotatable bonds is 2. The maximum Gasteiger partial charge on any atom is 0.303 e. The van der Waals surface area contributed by atoms with Crippen molar-refractivity contribution in [2.75, 3.05) is 0 Å². The average molecular weight is 430 g/mol. The number of aliphatic hydroxyl groups excluding tert-OH is 1. The van der Waals surface area contributed by atoms with Crippen LogP contribution in [0.5, 0.6) is 0 Å². The lowest BCUT2D eigenvalue weighted by Crippen LogP contribution is -2.61. The molecule has 0 aliphatic heterocycles. The van der Waals surface area contributed by atoms with Gasteiger partial charge in [-0.2, -0.15) is 0 Å². The van der Waals surface area contributed by atoms with Crippen LogP contribution >= 0.6 is 0 Å². The number of Topliss-reactive ketones (excluding diaryl/α,β-unsaturated/α-hetero) is 2. The van der Waals surface area contributed by atoms with E-state index in [0.29, 0.717) is 12.8 Å². The molecule has 4 rings (SSSR count). The van der Waals surface area contributed by atoms with E-state index in [1.807, 2.05) is 20.8 Å². The van der Waals surface area contributed by atoms with Gasteiger partial charge < -0.3 is 14.6 Å². The minimum Gasteiger partial charge on any atom is -0.455 e. The highest BCUT2D eigenvalue weighted by atomic mass is 16.6. The molecule has 1 N–H and O–H groups in total. The van der Waals surface area contributed by atoms with E-state index in [0.717, 1.165) is 12.0 Å². The van der Waals surface area contributed by atoms with Crippen molar-refractivity contribution < 1.29 is 33.8 Å². The van der Waals surface area contributed by atoms with Gasteiger partial charge in [0.1, 0.15) is 6.10 Å². The van der Waals surface area contributed by atoms with Crippen LogP contribution in [0.25, 0.3) is 0 Å². The molecule has 0 saturated heterocycles. The highest BCUT2D eigenvalue weighted by Crippen LogP contribution is 2.65. The van der Waals surface area contributed by atoms with E-state index in [-0.39, 0.29) is 28.8 Å². The molecule has 1 spiro atoms. The van der Waals surface area contributed by atoms with Crippen LogP contribution in [-0.4, -0.2) is 46.9 Å². The lowest BCUT2D eigenvalue weighted by molar-refractivity contribution is -0.166. The van der Waals surface area contributed by atoms with Gasteiger partial charge in [0.2, 0.25) is 5.78 Å². The summed E-state index contributed by atoms with van der Waals surface area (Å²) in [6, 6.07) is 0. The first-order chi connectivity index (χ1) is 14.4. The third-order valence-electron chi connectivity index (χ3n) is 8.15. The molecule has 7 heteroatoms. The summed E-state index contributed by atoms with van der Waals surface area (Å²) in [5.41, 5.74) is -0.916. The van der Waals surface area contributed by atoms with E-state index < -0.39 is 52.8 Å². The van der Waals surface area contributed by atoms with Crippen LogP contribution in [0.1, 0.15) is 53.9 Å². The van der Waals surface area contributed by atoms with Crippen LogP contribution in [-0.2, 0) is 28.7 Å². The first-order valence-electron chi connectivity index (χ1n) is 10.9. The molecule has 0 amide bonds. The molecule has 0 unspecified atom stereocenters. The summed E-state index contributed by atoms with van der Waals surface area (Å²) in [5, 5.41) is 11.4. The fourth-order valence-corrected chi connectivity index (χ4v) is 6.40. The van der Waals surface area contributed by atoms with E-state index in [1.54, 1.807) is 0 Å². The number of fused-ring (bicyclic) bond motifs is 2. The van der Waals surface area contributed by atoms with Gasteiger partial charge in [-0.25, -0.2) is 0 Å². The third kappa shape index (κ3) is 2.81. The maximum absolute atomic E-state index is 13.9. The topological polar surface area (TPSA) is 107 Å². The molecule has 0 radical (unpaired) electrons. The van der Waals surface area contributed by atoms with Gasteiger partial charge in [0.15, 0.2) is 18.0 Å². The smallest absolute Gasteiger partial charge is 0.303 e. The Bertz CT molecular complexity index is 946. The molecule has 0 heterocycles. The summed E-state index contributed by atoms with van der Waals surface area (Å²) in [5.74, 6) is -2.63. The van der Waals surface area contributed by atoms with Gasteiger partial charge in [0.25, 0.3) is 0 Å². The molecule has 0 bridgehead atoms. The van der Waals surface area contributed by atoms with Crippen molar-refractivity contribution in [1.29, 1.82) is 0 Å². The van der Waals surface area contributed by atoms with E-state index in [1.165, 1.54) is 13.8 Å². The van der Waals surface area contributed by atoms with Crippen molar-refractivity contribution in [1.82, 2.24) is 0 Å². The van der Waals surface area contributed by atoms with Gasteiger partial charge in [-0.05, 0) is 31.1 Å². The SMILES string of the molecule is C=C1[C@@H]2[C@H](O)[C@@H](OC(C)=O)C3=C(C(=O)[C@H](OC(C)=O)[C@@]4(C[C@H]4C)C3=O)[C@@]2(C)CC[C@@H]1C. The molecule has 2 saturated carbocycles. The quantitative estimate of drug-likeness (QED) is 0.529. The standard InChI is InChI=1S/C24H30O7/c1-10-7-8-23(6)16(12(10)3)18(27)20(30-13(4)25)15-17(23)19(28)22(31-14(5)26)24(21(15)29)9-11(24)2/h10-11,16,18,20,22,27H,3,7-9H2,1-2,4-6H3/t10-,11+,16+,18-,20-,22-,23-,24+/m0/s1. The lowest BCUT2D eigenvalue weighted by atomic mass is 9.50. The Morgan fingerprint density at radius 1 is 1.13 bits per heavy atom. The number of carbonyl (C=O) groups is 4. The second-order valence-electron chi connectivity index (χ2n) is 10.0. The van der Waals surface area contributed by atoms with E-state index in [4.69, 9.17) is 9.47 Å². The summed E-state index contributed by atoms with van der Waals surface area (Å²) in [7, 11) is 0. The maximum atomic E-state index is 13.9. The molecule has 0 aromatic rings. The second-order valence-corrected chi connectivity index (χ2v) is 10.0. The fraction of sp³-hybridized carbons (Fsp3) is 0.667. The van der Waals surface area contributed by atoms with E-state index >= 15 is 0 Å². The van der Waals surface area contributed by atoms with Crippen molar-refractivity contribution >= 4 is 23.5 Å². The van der Waals surface area contributed by atoms with Gasteiger partial charge in [-0.1, -0.05) is 32.9 Å². The van der Waals surface area contributed by atoms with Crippen LogP contribution in [0.4, 0.5) is 0 Å². The molecular weight excluding hydrogens is 400 g/mol. The molecule has 0 aromatic carbocycles. The van der Waals surface area contributed by atoms with Gasteiger partial charge in [0.05, 0.1) is 5.41 Å². The molecule has 4 aliphatic rings. The van der Waals surface area contributed by atoms with Crippen molar-refractivity contribution in [2.24, 2.45) is 28.6 Å². The summed E-state index contributed by atoms with van der Waals surface area (Å²) in [6.45, 7) is 12.3. The van der Waals surface area contributed by atoms with Crippen molar-refractivity contribution in [2.45, 2.75) is 72.2 Å². The first kappa shape index (κ1) is 21.9. The molecule has 4 aliphatic carbocycles. The summed E-state index contributed by atoms with van der Waals surface area (Å²) in [6.07, 6.45) is -1.91. The van der Waals surface area contributed by atoms with Crippen LogP contribution in [0.3, 0.4) is 0 Å². The van der Waals surface area contributed by atoms with Crippen molar-refractivity contribution in [3.8, 4) is 0 Å². The van der Waals surface area contributed by atoms with Gasteiger partial charge in [0, 0.05) is 36.3 Å². The minimum atomic E-state index is -1.24. The predicted molar refractivity (Wildman–Crippen MR) is 110 cm³/mol. The predicted octanol–water partition coefficient (Wildman–Crippen LogP) is 2.31. The molecule has 7 nitrogen and oxygen atoms in total. The average Bonchev–Trinajstić information content (AvgIpc) is 3.34. The van der Waals surface area contributed by atoms with Gasteiger partial charge >= 0.3 is 11.9 Å². The van der Waals surface area contributed by atoms with Crippen LogP contribution in [0.2, 0.25) is 0 Å². The first-order valence-corrected chi connectivity index (χ1v) is 10.9. The second kappa shape index (κ2) is 6.86. The summed E-state index contributed by atoms with van der Waals surface area (Å²) < 4.78 is 10.9. The minimum absolute atomic E-state index is 0.0848. The zero-order chi connectivity index (χ0) is 23.0. The Labute approximate surface area is 181 Å². The van der Waals surface area contributed by atoms with Gasteiger partial charge in [-0.3, -0.25) is 19.2 Å². The third-order valence-corrected chi connectivity index (χ3v) is 8.15. The highest BCUT2D eigenvalue weighted by molar-refractivity contribution is 6.20. The number of ketones is 2. The Morgan fingerprint density at radius 2 is 1.71 bits per heavy atom. The highest BCUT2D eigenvalue weighted by Gasteiger charge is 2.73. The van der Waals surface area contributed by atoms with Gasteiger partial charge in [-0.15, -0.1) is 0 Å². The molecule has 31 heavy (non-hydrogen) atoms. The summed E-state index contributed by atoms with van der Waals surface area (Å²) in [4.78, 5) is 51.5. The molecule has 168 valence electrons. The molecule has 8 atom stereocenters. The lowest BCUT2D eigenvalue weighted by Gasteiger charge is -2.55. The van der Waals surface area contributed by atoms with Crippen molar-refractivity contribution in [3.05, 3.63) is 23.3 Å². The number of ether oxygens (including phenoxy) is 2. The van der Waals surface area contributed by atoms with Crippen LogP contribution < -0.4 is 0 Å². The van der Waals surface area contributed by atoms with Crippen LogP contribution in [0.15, 0.2) is 23.3 Å². The number of hydrogen-bond donors (Lipinski definition) is 1. The Kier molecular flexibility index (Phi) is 4.85. The van der Waals surface area contributed by atoms with Crippen molar-refractivity contribution in [3.63, 3.8) is 0 Å². The summed E-state index contributed by atoms with van der Waals surface area (Å²) >= 11 is 0. The Morgan fingerprint density at radius 3 is 2.23 bits per heavy atom. The number of aliphatic hydroxyl groups is 1. The van der Waals surface area contributed by atoms with E-state index in [9.17, 15) is 24.3 Å². The Hall–Kier alpha value is -2.28. The molecule has 2 fully saturated rings. The largest absolute Gasteiger partial charge is 0.455 e. The molecular formula is C24H30O7. The Balaban J connectivity index is 1.97. The molecule has 0 aromatic heterocycles. The van der Waals surface area contributed by atoms with Crippen LogP contribution in [0, 0.1) is 28.6 Å². The number of carbonyl (C=O) groups excluding carboxylic acids is 4. The monoisotopic (exact) mass is 430 g/mol. The number of esters is 2. The number of hydrogen-bond acceptors (Lipinski definition) is 7. The van der Waals surface area contributed by atoms with E-state index in [2.05, 4.69) is 6.58 Å². The fourth-order valence-electron chi connectivity index (χ4n) is 6.40.